The summed E-state index contributed by atoms with van der Waals surface area (Å²) in [6, 6.07) is 0. The molecule has 0 N–H and O–H groups in total. The Morgan fingerprint density at radius 3 is 2.75 bits per heavy atom. The van der Waals surface area contributed by atoms with Crippen LogP contribution in [-0.2, 0) is 0 Å². The van der Waals surface area contributed by atoms with Gasteiger partial charge in [-0.1, -0.05) is 17.7 Å². The fraction of sp³-hybridized carbons (Fsp3) is 0.667. The van der Waals surface area contributed by atoms with Gasteiger partial charge in [-0.25, -0.2) is 0 Å². The van der Waals surface area contributed by atoms with E-state index in [2.05, 4.69) is 25.7 Å². The second-order valence-corrected chi connectivity index (χ2v) is 4.54. The summed E-state index contributed by atoms with van der Waals surface area (Å²) in [7, 11) is 0. The predicted octanol–water partition coefficient (Wildman–Crippen LogP) is 3.55. The molecule has 12 heavy (non-hydrogen) atoms. The Labute approximate surface area is 75.4 Å². The Morgan fingerprint density at radius 2 is 2.25 bits per heavy atom. The molecule has 3 unspecified atom stereocenters. The van der Waals surface area contributed by atoms with Gasteiger partial charge in [0.15, 0.2) is 0 Å². The molecule has 2 aliphatic carbocycles. The van der Waals surface area contributed by atoms with Gasteiger partial charge < -0.3 is 0 Å². The van der Waals surface area contributed by atoms with Crippen LogP contribution in [0.4, 0.5) is 0 Å². The van der Waals surface area contributed by atoms with Crippen LogP contribution in [0.1, 0.15) is 32.6 Å². The third kappa shape index (κ3) is 1.48. The van der Waals surface area contributed by atoms with E-state index in [1.54, 1.807) is 0 Å². The lowest BCUT2D eigenvalue weighted by molar-refractivity contribution is 0.416. The molecule has 0 amide bonds. The van der Waals surface area contributed by atoms with E-state index in [-0.39, 0.29) is 0 Å². The zero-order valence-corrected chi connectivity index (χ0v) is 7.92. The number of hydrogen-bond donors (Lipinski definition) is 0. The molecule has 0 saturated heterocycles. The van der Waals surface area contributed by atoms with E-state index >= 15 is 0 Å². The zero-order valence-electron chi connectivity index (χ0n) is 7.92. The van der Waals surface area contributed by atoms with E-state index < -0.39 is 0 Å². The molecule has 0 radical (unpaired) electrons. The number of hydrogen-bond acceptors (Lipinski definition) is 0. The Hall–Kier alpha value is -0.520. The standard InChI is InChI=1S/C12H18/c1-9(2)3-5-11-7-10-4-6-12(11)8-10/h4,6,10-12H,1,3,5,7-8H2,2H3. The van der Waals surface area contributed by atoms with E-state index in [4.69, 9.17) is 0 Å². The molecule has 3 atom stereocenters. The summed E-state index contributed by atoms with van der Waals surface area (Å²) in [6.07, 6.45) is 10.4. The summed E-state index contributed by atoms with van der Waals surface area (Å²) in [5.74, 6) is 2.84. The van der Waals surface area contributed by atoms with Gasteiger partial charge in [0.25, 0.3) is 0 Å². The predicted molar refractivity (Wildman–Crippen MR) is 52.9 cm³/mol. The van der Waals surface area contributed by atoms with Gasteiger partial charge in [-0.05, 0) is 50.4 Å². The van der Waals surface area contributed by atoms with Crippen molar-refractivity contribution in [3.05, 3.63) is 24.3 Å². The van der Waals surface area contributed by atoms with Crippen LogP contribution >= 0.6 is 0 Å². The molecular weight excluding hydrogens is 144 g/mol. The van der Waals surface area contributed by atoms with Gasteiger partial charge in [0.1, 0.15) is 0 Å². The normalized spacial score (nSPS) is 37.6. The van der Waals surface area contributed by atoms with Gasteiger partial charge in [-0.3, -0.25) is 0 Å². The molecule has 2 aliphatic rings. The lowest BCUT2D eigenvalue weighted by atomic mass is 9.88. The van der Waals surface area contributed by atoms with Gasteiger partial charge in [0, 0.05) is 0 Å². The number of allylic oxidation sites excluding steroid dienone is 3. The first kappa shape index (κ1) is 8.10. The molecule has 2 bridgehead atoms. The van der Waals surface area contributed by atoms with Gasteiger partial charge >= 0.3 is 0 Å². The maximum atomic E-state index is 3.96. The minimum absolute atomic E-state index is 0.925. The lowest BCUT2D eigenvalue weighted by Gasteiger charge is -2.17. The first-order valence-electron chi connectivity index (χ1n) is 5.08. The summed E-state index contributed by atoms with van der Waals surface area (Å²) in [5.41, 5.74) is 1.35. The van der Waals surface area contributed by atoms with Crippen molar-refractivity contribution in [2.45, 2.75) is 32.6 Å². The summed E-state index contributed by atoms with van der Waals surface area (Å²) in [4.78, 5) is 0. The maximum Gasteiger partial charge on any atom is -0.0199 e. The third-order valence-corrected chi connectivity index (χ3v) is 3.36. The summed E-state index contributed by atoms with van der Waals surface area (Å²) in [5, 5.41) is 0. The second-order valence-electron chi connectivity index (χ2n) is 4.54. The Kier molecular flexibility index (Phi) is 2.08. The van der Waals surface area contributed by atoms with Crippen LogP contribution in [0.3, 0.4) is 0 Å². The summed E-state index contributed by atoms with van der Waals surface area (Å²) in [6.45, 7) is 6.10. The van der Waals surface area contributed by atoms with Gasteiger partial charge in [-0.2, -0.15) is 0 Å². The van der Waals surface area contributed by atoms with Crippen LogP contribution in [0.15, 0.2) is 24.3 Å². The van der Waals surface area contributed by atoms with Crippen molar-refractivity contribution in [2.24, 2.45) is 17.8 Å². The number of fused-ring (bicyclic) bond motifs is 2. The highest BCUT2D eigenvalue weighted by Gasteiger charge is 2.34. The Bertz CT molecular complexity index is 212. The summed E-state index contributed by atoms with van der Waals surface area (Å²) >= 11 is 0. The molecule has 0 aromatic rings. The largest absolute Gasteiger partial charge is 0.100 e. The van der Waals surface area contributed by atoms with Crippen molar-refractivity contribution in [2.75, 3.05) is 0 Å². The SMILES string of the molecule is C=C(C)CCC1CC2C=CC1C2. The van der Waals surface area contributed by atoms with Crippen molar-refractivity contribution >= 4 is 0 Å². The van der Waals surface area contributed by atoms with Gasteiger partial charge in [-0.15, -0.1) is 6.58 Å². The highest BCUT2D eigenvalue weighted by atomic mass is 14.4. The smallest absolute Gasteiger partial charge is 0.0199 e. The molecule has 66 valence electrons. The van der Waals surface area contributed by atoms with Crippen LogP contribution < -0.4 is 0 Å². The average Bonchev–Trinajstić information content (AvgIpc) is 2.60. The molecular formula is C12H18. The first-order valence-corrected chi connectivity index (χ1v) is 5.08. The molecule has 0 aromatic heterocycles. The molecule has 2 rings (SSSR count). The Morgan fingerprint density at radius 1 is 1.42 bits per heavy atom. The van der Waals surface area contributed by atoms with E-state index in [9.17, 15) is 0 Å². The van der Waals surface area contributed by atoms with Gasteiger partial charge in [0.05, 0.1) is 0 Å². The topological polar surface area (TPSA) is 0 Å². The highest BCUT2D eigenvalue weighted by molar-refractivity contribution is 5.10. The quantitative estimate of drug-likeness (QED) is 0.557. The summed E-state index contributed by atoms with van der Waals surface area (Å²) < 4.78 is 0. The van der Waals surface area contributed by atoms with E-state index in [1.807, 2.05) is 0 Å². The van der Waals surface area contributed by atoms with Crippen LogP contribution in [0, 0.1) is 17.8 Å². The molecule has 0 heteroatoms. The van der Waals surface area contributed by atoms with E-state index in [0.29, 0.717) is 0 Å². The maximum absolute atomic E-state index is 3.96. The zero-order chi connectivity index (χ0) is 8.55. The third-order valence-electron chi connectivity index (χ3n) is 3.36. The van der Waals surface area contributed by atoms with Crippen molar-refractivity contribution in [1.82, 2.24) is 0 Å². The van der Waals surface area contributed by atoms with Crippen LogP contribution in [0.25, 0.3) is 0 Å². The second kappa shape index (κ2) is 3.08. The molecule has 1 saturated carbocycles. The van der Waals surface area contributed by atoms with E-state index in [1.165, 1.54) is 31.3 Å². The minimum Gasteiger partial charge on any atom is -0.100 e. The van der Waals surface area contributed by atoms with Crippen molar-refractivity contribution in [3.63, 3.8) is 0 Å². The van der Waals surface area contributed by atoms with Crippen molar-refractivity contribution in [3.8, 4) is 0 Å². The first-order chi connectivity index (χ1) is 5.75. The number of rotatable bonds is 3. The minimum atomic E-state index is 0.925. The Balaban J connectivity index is 1.83. The van der Waals surface area contributed by atoms with Gasteiger partial charge in [0.2, 0.25) is 0 Å². The molecule has 0 spiro atoms. The molecule has 0 aromatic carbocycles. The van der Waals surface area contributed by atoms with Crippen LogP contribution in [0.2, 0.25) is 0 Å². The van der Waals surface area contributed by atoms with Crippen LogP contribution in [0.5, 0.6) is 0 Å². The monoisotopic (exact) mass is 162 g/mol. The molecule has 0 nitrogen and oxygen atoms in total. The average molecular weight is 162 g/mol. The lowest BCUT2D eigenvalue weighted by Crippen LogP contribution is -2.06. The van der Waals surface area contributed by atoms with Crippen molar-refractivity contribution in [1.29, 1.82) is 0 Å². The fourth-order valence-corrected chi connectivity index (χ4v) is 2.66. The molecule has 1 fully saturated rings. The van der Waals surface area contributed by atoms with Crippen LogP contribution in [-0.4, -0.2) is 0 Å². The molecule has 0 heterocycles. The fourth-order valence-electron chi connectivity index (χ4n) is 2.66. The highest BCUT2D eigenvalue weighted by Crippen LogP contribution is 2.45. The molecule has 0 aliphatic heterocycles. The van der Waals surface area contributed by atoms with E-state index in [0.717, 1.165) is 17.8 Å². The van der Waals surface area contributed by atoms with Crippen molar-refractivity contribution < 1.29 is 0 Å².